The van der Waals surface area contributed by atoms with Crippen molar-refractivity contribution in [2.75, 3.05) is 11.3 Å². The van der Waals surface area contributed by atoms with Crippen LogP contribution in [0.4, 0.5) is 27.6 Å². The Hall–Kier alpha value is -2.62. The first-order valence-corrected chi connectivity index (χ1v) is 12.0. The van der Waals surface area contributed by atoms with Gasteiger partial charge in [0.15, 0.2) is 4.90 Å². The molecular weight excluding hydrogens is 495 g/mol. The summed E-state index contributed by atoms with van der Waals surface area (Å²) in [7, 11) is 0. The van der Waals surface area contributed by atoms with Crippen LogP contribution in [0.1, 0.15) is 18.0 Å². The molecule has 1 aliphatic heterocycles. The van der Waals surface area contributed by atoms with Crippen molar-refractivity contribution < 1.29 is 26.5 Å². The van der Waals surface area contributed by atoms with Crippen LogP contribution in [-0.4, -0.2) is 28.6 Å². The molecule has 178 valence electrons. The van der Waals surface area contributed by atoms with Gasteiger partial charge in [-0.05, 0) is 64.3 Å². The third-order valence-corrected chi connectivity index (χ3v) is 6.80. The molecule has 0 bridgehead atoms. The Morgan fingerprint density at radius 2 is 1.47 bits per heavy atom. The standard InChI is InChI=1S/C24H18ClF5N2OS/c1-34(33)18-12-10-16(11-13-18)15-6-8-17(9-7-15)21-14-22(23(26,27)24(28,29)30)31-32(21)20-5-3-2-4-19(20)25/h2-13,21H,14H2,1H3. The van der Waals surface area contributed by atoms with Crippen LogP contribution >= 0.6 is 11.6 Å². The summed E-state index contributed by atoms with van der Waals surface area (Å²) < 4.78 is 79.0. The second kappa shape index (κ2) is 9.20. The molecule has 0 amide bonds. The fourth-order valence-corrected chi connectivity index (χ4v) is 4.46. The lowest BCUT2D eigenvalue weighted by molar-refractivity contribution is -0.249. The first kappa shape index (κ1) is 24.5. The van der Waals surface area contributed by atoms with Crippen LogP contribution in [0.5, 0.6) is 0 Å². The zero-order valence-corrected chi connectivity index (χ0v) is 19.3. The van der Waals surface area contributed by atoms with Gasteiger partial charge in [0, 0.05) is 6.42 Å². The summed E-state index contributed by atoms with van der Waals surface area (Å²) in [5.41, 5.74) is 1.12. The summed E-state index contributed by atoms with van der Waals surface area (Å²) in [5, 5.41) is 4.99. The van der Waals surface area contributed by atoms with Gasteiger partial charge in [-0.1, -0.05) is 48.0 Å². The van der Waals surface area contributed by atoms with Gasteiger partial charge < -0.3 is 4.55 Å². The van der Waals surface area contributed by atoms with Crippen molar-refractivity contribution in [3.05, 3.63) is 83.4 Å². The molecule has 2 unspecified atom stereocenters. The minimum Gasteiger partial charge on any atom is -0.612 e. The molecule has 1 heterocycles. The number of para-hydroxylation sites is 1. The van der Waals surface area contributed by atoms with Crippen LogP contribution in [0.2, 0.25) is 5.02 Å². The smallest absolute Gasteiger partial charge is 0.459 e. The van der Waals surface area contributed by atoms with E-state index in [4.69, 9.17) is 11.6 Å². The average Bonchev–Trinajstić information content (AvgIpc) is 3.25. The second-order valence-electron chi connectivity index (χ2n) is 7.74. The van der Waals surface area contributed by atoms with Crippen molar-refractivity contribution in [1.82, 2.24) is 0 Å². The predicted octanol–water partition coefficient (Wildman–Crippen LogP) is 7.25. The van der Waals surface area contributed by atoms with E-state index in [1.807, 2.05) is 12.1 Å². The number of halogens is 6. The van der Waals surface area contributed by atoms with Gasteiger partial charge >= 0.3 is 12.1 Å². The maximum absolute atomic E-state index is 14.2. The molecule has 0 saturated heterocycles. The van der Waals surface area contributed by atoms with Crippen molar-refractivity contribution in [3.63, 3.8) is 0 Å². The quantitative estimate of drug-likeness (QED) is 0.267. The first-order chi connectivity index (χ1) is 16.0. The highest BCUT2D eigenvalue weighted by atomic mass is 35.5. The normalized spacial score (nSPS) is 17.6. The topological polar surface area (TPSA) is 38.7 Å². The fourth-order valence-electron chi connectivity index (χ4n) is 3.72. The molecule has 0 spiro atoms. The zero-order chi connectivity index (χ0) is 24.7. The molecule has 2 atom stereocenters. The van der Waals surface area contributed by atoms with E-state index in [9.17, 15) is 26.5 Å². The van der Waals surface area contributed by atoms with E-state index in [1.165, 1.54) is 12.1 Å². The summed E-state index contributed by atoms with van der Waals surface area (Å²) in [4.78, 5) is 0.678. The highest BCUT2D eigenvalue weighted by molar-refractivity contribution is 7.90. The van der Waals surface area contributed by atoms with Crippen molar-refractivity contribution in [2.24, 2.45) is 5.10 Å². The number of hydrogen-bond acceptors (Lipinski definition) is 3. The molecule has 3 aromatic carbocycles. The van der Waals surface area contributed by atoms with E-state index in [2.05, 4.69) is 5.10 Å². The molecule has 1 aliphatic rings. The highest BCUT2D eigenvalue weighted by Gasteiger charge is 2.62. The molecule has 3 aromatic rings. The number of hydrazone groups is 1. The molecule has 0 fully saturated rings. The summed E-state index contributed by atoms with van der Waals surface area (Å²) in [5.74, 6) is -5.07. The van der Waals surface area contributed by atoms with Crippen LogP contribution < -0.4 is 5.01 Å². The first-order valence-electron chi connectivity index (χ1n) is 10.1. The summed E-state index contributed by atoms with van der Waals surface area (Å²) in [6.07, 6.45) is -4.80. The second-order valence-corrected chi connectivity index (χ2v) is 9.52. The van der Waals surface area contributed by atoms with Gasteiger partial charge in [-0.2, -0.15) is 27.1 Å². The summed E-state index contributed by atoms with van der Waals surface area (Å²) in [6, 6.07) is 19.3. The number of benzene rings is 3. The van der Waals surface area contributed by atoms with E-state index in [0.29, 0.717) is 10.5 Å². The summed E-state index contributed by atoms with van der Waals surface area (Å²) in [6.45, 7) is 0. The Balaban J connectivity index is 1.68. The Bertz CT molecular complexity index is 1200. The largest absolute Gasteiger partial charge is 0.612 e. The highest BCUT2D eigenvalue weighted by Crippen LogP contribution is 2.45. The van der Waals surface area contributed by atoms with Crippen molar-refractivity contribution in [3.8, 4) is 11.1 Å². The van der Waals surface area contributed by atoms with Gasteiger partial charge in [-0.25, -0.2) is 0 Å². The Labute approximate surface area is 201 Å². The SMILES string of the molecule is C[S+]([O-])c1ccc(-c2ccc(C3CC(C(F)(F)C(F)(F)F)=NN3c3ccccc3Cl)cc2)cc1. The molecule has 4 rings (SSSR count). The van der Waals surface area contributed by atoms with Crippen molar-refractivity contribution in [2.45, 2.75) is 29.5 Å². The van der Waals surface area contributed by atoms with Crippen LogP contribution in [0.3, 0.4) is 0 Å². The van der Waals surface area contributed by atoms with Gasteiger partial charge in [-0.15, -0.1) is 0 Å². The Morgan fingerprint density at radius 3 is 2.00 bits per heavy atom. The monoisotopic (exact) mass is 512 g/mol. The molecule has 10 heteroatoms. The van der Waals surface area contributed by atoms with Gasteiger partial charge in [0.2, 0.25) is 0 Å². The van der Waals surface area contributed by atoms with Gasteiger partial charge in [0.25, 0.3) is 0 Å². The minimum atomic E-state index is -5.76. The Morgan fingerprint density at radius 1 is 0.912 bits per heavy atom. The van der Waals surface area contributed by atoms with Crippen LogP contribution in [0.25, 0.3) is 11.1 Å². The van der Waals surface area contributed by atoms with E-state index < -0.39 is 41.4 Å². The number of hydrogen-bond donors (Lipinski definition) is 0. The maximum Gasteiger partial charge on any atom is 0.459 e. The maximum atomic E-state index is 14.2. The van der Waals surface area contributed by atoms with Crippen LogP contribution in [0, 0.1) is 0 Å². The molecule has 34 heavy (non-hydrogen) atoms. The molecule has 0 aromatic heterocycles. The van der Waals surface area contributed by atoms with Crippen LogP contribution in [-0.2, 0) is 11.2 Å². The van der Waals surface area contributed by atoms with Gasteiger partial charge in [0.1, 0.15) is 12.0 Å². The van der Waals surface area contributed by atoms with Crippen molar-refractivity contribution in [1.29, 1.82) is 0 Å². The van der Waals surface area contributed by atoms with Gasteiger partial charge in [0.05, 0.1) is 16.8 Å². The predicted molar refractivity (Wildman–Crippen MR) is 124 cm³/mol. The lowest BCUT2D eigenvalue weighted by Crippen LogP contribution is -2.43. The lowest BCUT2D eigenvalue weighted by atomic mass is 9.96. The zero-order valence-electron chi connectivity index (χ0n) is 17.7. The van der Waals surface area contributed by atoms with Crippen LogP contribution in [0.15, 0.2) is 82.8 Å². The van der Waals surface area contributed by atoms with E-state index in [-0.39, 0.29) is 10.7 Å². The number of alkyl halides is 5. The van der Waals surface area contributed by atoms with Gasteiger partial charge in [-0.3, -0.25) is 5.01 Å². The Kier molecular flexibility index (Phi) is 6.63. The molecule has 0 N–H and O–H groups in total. The third-order valence-electron chi connectivity index (χ3n) is 5.54. The molecule has 0 saturated carbocycles. The third kappa shape index (κ3) is 4.64. The van der Waals surface area contributed by atoms with E-state index in [1.54, 1.807) is 54.8 Å². The molecular formula is C24H18ClF5N2OS. The average molecular weight is 513 g/mol. The molecule has 0 aliphatic carbocycles. The fraction of sp³-hybridized carbons (Fsp3) is 0.208. The minimum absolute atomic E-state index is 0.179. The molecule has 0 radical (unpaired) electrons. The van der Waals surface area contributed by atoms with E-state index >= 15 is 0 Å². The van der Waals surface area contributed by atoms with Crippen molar-refractivity contribution >= 4 is 34.2 Å². The number of rotatable bonds is 5. The number of nitrogens with zero attached hydrogens (tertiary/aromatic N) is 2. The molecule has 3 nitrogen and oxygen atoms in total. The summed E-state index contributed by atoms with van der Waals surface area (Å²) >= 11 is 5.10. The number of anilines is 1. The lowest BCUT2D eigenvalue weighted by Gasteiger charge is -2.25. The van der Waals surface area contributed by atoms with E-state index in [0.717, 1.165) is 16.1 Å².